The van der Waals surface area contributed by atoms with E-state index in [0.29, 0.717) is 10.2 Å². The predicted octanol–water partition coefficient (Wildman–Crippen LogP) is 1.78. The summed E-state index contributed by atoms with van der Waals surface area (Å²) in [6.45, 7) is 5.90. The van der Waals surface area contributed by atoms with Gasteiger partial charge in [0.25, 0.3) is 5.56 Å². The number of halogens is 1. The van der Waals surface area contributed by atoms with E-state index >= 15 is 0 Å². The number of carbonyl (C=O) groups is 1. The first-order valence-corrected chi connectivity index (χ1v) is 6.70. The lowest BCUT2D eigenvalue weighted by molar-refractivity contribution is -0.141. The second kappa shape index (κ2) is 6.18. The maximum Gasteiger partial charge on any atom is 0.327 e. The van der Waals surface area contributed by atoms with Crippen LogP contribution in [-0.2, 0) is 16.1 Å². The highest BCUT2D eigenvalue weighted by Gasteiger charge is 2.18. The lowest BCUT2D eigenvalue weighted by Crippen LogP contribution is -2.33. The summed E-state index contributed by atoms with van der Waals surface area (Å²) >= 11 is 3.24. The molecule has 0 aliphatic heterocycles. The van der Waals surface area contributed by atoms with Crippen molar-refractivity contribution in [1.29, 1.82) is 0 Å². The number of rotatable bonds is 5. The Kier molecular flexibility index (Phi) is 5.11. The Labute approximate surface area is 120 Å². The molecule has 0 fully saturated rings. The molecule has 0 unspecified atom stereocenters. The zero-order valence-corrected chi connectivity index (χ0v) is 13.1. The van der Waals surface area contributed by atoms with E-state index in [1.807, 2.05) is 20.8 Å². The molecule has 1 rings (SSSR count). The van der Waals surface area contributed by atoms with Gasteiger partial charge in [0.2, 0.25) is 0 Å². The average Bonchev–Trinajstić information content (AvgIpc) is 2.38. The molecule has 6 nitrogen and oxygen atoms in total. The van der Waals surface area contributed by atoms with Gasteiger partial charge in [0, 0.05) is 5.54 Å². The molecular weight excluding hydrogens is 314 g/mol. The van der Waals surface area contributed by atoms with E-state index in [0.717, 1.165) is 11.1 Å². The summed E-state index contributed by atoms with van der Waals surface area (Å²) in [6.07, 6.45) is 2.41. The number of aromatic nitrogens is 2. The van der Waals surface area contributed by atoms with Gasteiger partial charge in [-0.1, -0.05) is 6.92 Å². The van der Waals surface area contributed by atoms with Crippen molar-refractivity contribution in [2.45, 2.75) is 39.3 Å². The van der Waals surface area contributed by atoms with E-state index in [-0.39, 0.29) is 17.6 Å². The number of methoxy groups -OCH3 is 1. The fourth-order valence-electron chi connectivity index (χ4n) is 1.30. The maximum atomic E-state index is 12.0. The summed E-state index contributed by atoms with van der Waals surface area (Å²) in [5, 5.41) is 7.19. The molecule has 7 heteroatoms. The molecule has 0 saturated carbocycles. The van der Waals surface area contributed by atoms with Crippen molar-refractivity contribution in [2.24, 2.45) is 0 Å². The smallest absolute Gasteiger partial charge is 0.327 e. The molecule has 0 amide bonds. The van der Waals surface area contributed by atoms with Crippen molar-refractivity contribution in [3.8, 4) is 0 Å². The second-order valence-electron chi connectivity index (χ2n) is 4.77. The first-order valence-electron chi connectivity index (χ1n) is 5.91. The molecule has 0 aliphatic rings. The number of anilines is 1. The summed E-state index contributed by atoms with van der Waals surface area (Å²) < 4.78 is 5.92. The number of nitrogens with one attached hydrogen (secondary N) is 1. The largest absolute Gasteiger partial charge is 0.468 e. The summed E-state index contributed by atoms with van der Waals surface area (Å²) in [4.78, 5) is 23.2. The standard InChI is InChI=1S/C12H18BrN3O3/c1-5-12(2,3)15-8-6-14-16(7-9(17)19-4)11(18)10(8)13/h6,15H,5,7H2,1-4H3. The van der Waals surface area contributed by atoms with E-state index in [4.69, 9.17) is 0 Å². The Morgan fingerprint density at radius 1 is 1.58 bits per heavy atom. The van der Waals surface area contributed by atoms with Crippen molar-refractivity contribution >= 4 is 27.6 Å². The molecule has 1 N–H and O–H groups in total. The monoisotopic (exact) mass is 331 g/mol. The molecule has 19 heavy (non-hydrogen) atoms. The first kappa shape index (κ1) is 15.7. The van der Waals surface area contributed by atoms with Gasteiger partial charge in [0.1, 0.15) is 11.0 Å². The van der Waals surface area contributed by atoms with Gasteiger partial charge in [0.05, 0.1) is 19.0 Å². The Balaban J connectivity index is 3.05. The van der Waals surface area contributed by atoms with Crippen LogP contribution in [0.25, 0.3) is 0 Å². The third kappa shape index (κ3) is 4.05. The van der Waals surface area contributed by atoms with Crippen LogP contribution in [0.3, 0.4) is 0 Å². The highest BCUT2D eigenvalue weighted by atomic mass is 79.9. The van der Waals surface area contributed by atoms with Crippen LogP contribution in [0.4, 0.5) is 5.69 Å². The summed E-state index contributed by atoms with van der Waals surface area (Å²) in [7, 11) is 1.27. The number of hydrogen-bond acceptors (Lipinski definition) is 5. The molecule has 1 aromatic heterocycles. The SMILES string of the molecule is CCC(C)(C)Nc1cnn(CC(=O)OC)c(=O)c1Br. The van der Waals surface area contributed by atoms with Crippen LogP contribution in [0.1, 0.15) is 27.2 Å². The van der Waals surface area contributed by atoms with Gasteiger partial charge in [0.15, 0.2) is 0 Å². The van der Waals surface area contributed by atoms with Crippen LogP contribution in [0.5, 0.6) is 0 Å². The Morgan fingerprint density at radius 2 is 2.21 bits per heavy atom. The van der Waals surface area contributed by atoms with E-state index < -0.39 is 5.97 Å². The minimum atomic E-state index is -0.518. The minimum absolute atomic E-state index is 0.148. The van der Waals surface area contributed by atoms with Gasteiger partial charge in [-0.05, 0) is 36.2 Å². The summed E-state index contributed by atoms with van der Waals surface area (Å²) in [5.74, 6) is -0.518. The summed E-state index contributed by atoms with van der Waals surface area (Å²) in [6, 6.07) is 0. The zero-order chi connectivity index (χ0) is 14.6. The van der Waals surface area contributed by atoms with Crippen LogP contribution in [0, 0.1) is 0 Å². The average molecular weight is 332 g/mol. The van der Waals surface area contributed by atoms with Crippen LogP contribution in [-0.4, -0.2) is 28.4 Å². The van der Waals surface area contributed by atoms with E-state index in [1.54, 1.807) is 0 Å². The zero-order valence-electron chi connectivity index (χ0n) is 11.5. The molecular formula is C12H18BrN3O3. The Morgan fingerprint density at radius 3 is 2.74 bits per heavy atom. The molecule has 1 aromatic rings. The van der Waals surface area contributed by atoms with Crippen LogP contribution >= 0.6 is 15.9 Å². The molecule has 0 bridgehead atoms. The number of esters is 1. The fraction of sp³-hybridized carbons (Fsp3) is 0.583. The van der Waals surface area contributed by atoms with Crippen molar-refractivity contribution in [2.75, 3.05) is 12.4 Å². The highest BCUT2D eigenvalue weighted by Crippen LogP contribution is 2.22. The van der Waals surface area contributed by atoms with Gasteiger partial charge in [-0.3, -0.25) is 9.59 Å². The van der Waals surface area contributed by atoms with Crippen LogP contribution in [0.2, 0.25) is 0 Å². The van der Waals surface area contributed by atoms with E-state index in [2.05, 4.69) is 31.1 Å². The molecule has 1 heterocycles. The van der Waals surface area contributed by atoms with Crippen LogP contribution < -0.4 is 10.9 Å². The van der Waals surface area contributed by atoms with Gasteiger partial charge >= 0.3 is 5.97 Å². The normalized spacial score (nSPS) is 11.2. The van der Waals surface area contributed by atoms with Crippen molar-refractivity contribution in [3.05, 3.63) is 21.0 Å². The molecule has 106 valence electrons. The number of carbonyl (C=O) groups excluding carboxylic acids is 1. The molecule has 0 aliphatic carbocycles. The molecule has 0 spiro atoms. The Bertz CT molecular complexity index is 525. The molecule has 0 atom stereocenters. The lowest BCUT2D eigenvalue weighted by Gasteiger charge is -2.26. The molecule has 0 radical (unpaired) electrons. The first-order chi connectivity index (χ1) is 8.80. The highest BCUT2D eigenvalue weighted by molar-refractivity contribution is 9.10. The topological polar surface area (TPSA) is 73.2 Å². The minimum Gasteiger partial charge on any atom is -0.468 e. The van der Waals surface area contributed by atoms with Gasteiger partial charge in [-0.2, -0.15) is 5.10 Å². The van der Waals surface area contributed by atoms with Crippen molar-refractivity contribution in [1.82, 2.24) is 9.78 Å². The third-order valence-electron chi connectivity index (χ3n) is 2.85. The van der Waals surface area contributed by atoms with Crippen LogP contribution in [0.15, 0.2) is 15.5 Å². The quantitative estimate of drug-likeness (QED) is 0.832. The number of ether oxygens (including phenoxy) is 1. The molecule has 0 saturated heterocycles. The number of nitrogens with zero attached hydrogens (tertiary/aromatic N) is 2. The van der Waals surface area contributed by atoms with E-state index in [1.165, 1.54) is 13.3 Å². The lowest BCUT2D eigenvalue weighted by atomic mass is 10.0. The molecule has 0 aromatic carbocycles. The van der Waals surface area contributed by atoms with E-state index in [9.17, 15) is 9.59 Å². The van der Waals surface area contributed by atoms with Crippen molar-refractivity contribution < 1.29 is 9.53 Å². The Hall–Kier alpha value is -1.37. The number of hydrogen-bond donors (Lipinski definition) is 1. The van der Waals surface area contributed by atoms with Gasteiger partial charge < -0.3 is 10.1 Å². The maximum absolute atomic E-state index is 12.0. The van der Waals surface area contributed by atoms with Gasteiger partial charge in [-0.25, -0.2) is 4.68 Å². The summed E-state index contributed by atoms with van der Waals surface area (Å²) in [5.41, 5.74) is 0.0887. The van der Waals surface area contributed by atoms with Crippen molar-refractivity contribution in [3.63, 3.8) is 0 Å². The second-order valence-corrected chi connectivity index (χ2v) is 5.57. The predicted molar refractivity (Wildman–Crippen MR) is 76.2 cm³/mol. The fourth-order valence-corrected chi connectivity index (χ4v) is 1.71. The van der Waals surface area contributed by atoms with Gasteiger partial charge in [-0.15, -0.1) is 0 Å². The third-order valence-corrected chi connectivity index (χ3v) is 3.61.